The number of ether oxygens (including phenoxy) is 2. The van der Waals surface area contributed by atoms with Crippen LogP contribution in [-0.2, 0) is 0 Å². The van der Waals surface area contributed by atoms with Gasteiger partial charge in [0.2, 0.25) is 0 Å². The van der Waals surface area contributed by atoms with Crippen molar-refractivity contribution in [1.29, 1.82) is 0 Å². The molecule has 0 N–H and O–H groups in total. The molecule has 0 heterocycles. The molecule has 0 spiro atoms. The Morgan fingerprint density at radius 1 is 1.00 bits per heavy atom. The van der Waals surface area contributed by atoms with Crippen LogP contribution in [0.2, 0.25) is 0 Å². The number of rotatable bonds is 2. The number of halogens is 6. The molecule has 17 heavy (non-hydrogen) atoms. The molecule has 0 amide bonds. The van der Waals surface area contributed by atoms with E-state index in [4.69, 9.17) is 0 Å². The van der Waals surface area contributed by atoms with Crippen LogP contribution in [-0.4, -0.2) is 12.7 Å². The van der Waals surface area contributed by atoms with Gasteiger partial charge in [0.25, 0.3) is 0 Å². The first-order valence-corrected chi connectivity index (χ1v) is 4.11. The normalized spacial score (nSPS) is 12.4. The minimum atomic E-state index is -5.11. The zero-order chi connectivity index (χ0) is 13.3. The van der Waals surface area contributed by atoms with Crippen LogP contribution in [0.4, 0.5) is 26.3 Å². The first kappa shape index (κ1) is 13.5. The van der Waals surface area contributed by atoms with E-state index in [0.717, 1.165) is 13.0 Å². The van der Waals surface area contributed by atoms with E-state index in [1.807, 2.05) is 0 Å². The van der Waals surface area contributed by atoms with Crippen molar-refractivity contribution in [3.63, 3.8) is 0 Å². The number of benzene rings is 1. The molecule has 0 unspecified atom stereocenters. The van der Waals surface area contributed by atoms with E-state index in [1.165, 1.54) is 0 Å². The lowest BCUT2D eigenvalue weighted by atomic mass is 10.2. The summed E-state index contributed by atoms with van der Waals surface area (Å²) < 4.78 is 78.5. The quantitative estimate of drug-likeness (QED) is 0.755. The first-order chi connectivity index (χ1) is 7.58. The lowest BCUT2D eigenvalue weighted by molar-refractivity contribution is -0.287. The third-order valence-corrected chi connectivity index (χ3v) is 1.54. The van der Waals surface area contributed by atoms with Crippen molar-refractivity contribution in [1.82, 2.24) is 0 Å². The highest BCUT2D eigenvalue weighted by Gasteiger charge is 2.37. The molecule has 0 aliphatic heterocycles. The van der Waals surface area contributed by atoms with Gasteiger partial charge < -0.3 is 9.47 Å². The van der Waals surface area contributed by atoms with Gasteiger partial charge >= 0.3 is 12.7 Å². The molecule has 0 aliphatic rings. The molecule has 0 aromatic heterocycles. The SMILES string of the molecule is Cc1[c]ccc(OC(F)(F)F)c1OC(F)(F)F. The Morgan fingerprint density at radius 3 is 2.00 bits per heavy atom. The second-order valence-electron chi connectivity index (χ2n) is 2.89. The van der Waals surface area contributed by atoms with Crippen LogP contribution >= 0.6 is 0 Å². The maximum Gasteiger partial charge on any atom is 0.573 e. The lowest BCUT2D eigenvalue weighted by Crippen LogP contribution is -2.21. The largest absolute Gasteiger partial charge is 0.573 e. The van der Waals surface area contributed by atoms with Crippen LogP contribution in [0.1, 0.15) is 5.56 Å². The molecule has 0 fully saturated rings. The first-order valence-electron chi connectivity index (χ1n) is 4.11. The summed E-state index contributed by atoms with van der Waals surface area (Å²) >= 11 is 0. The van der Waals surface area contributed by atoms with E-state index in [9.17, 15) is 26.3 Å². The molecule has 0 atom stereocenters. The Hall–Kier alpha value is -1.60. The van der Waals surface area contributed by atoms with Gasteiger partial charge in [-0.05, 0) is 19.1 Å². The summed E-state index contributed by atoms with van der Waals surface area (Å²) in [6.45, 7) is 1.12. The van der Waals surface area contributed by atoms with Crippen LogP contribution < -0.4 is 9.47 Å². The fourth-order valence-corrected chi connectivity index (χ4v) is 1.02. The smallest absolute Gasteiger partial charge is 0.402 e. The lowest BCUT2D eigenvalue weighted by Gasteiger charge is -2.16. The summed E-state index contributed by atoms with van der Waals surface area (Å²) in [6, 6.07) is 3.96. The van der Waals surface area contributed by atoms with Crippen LogP contribution in [0, 0.1) is 13.0 Å². The van der Waals surface area contributed by atoms with Gasteiger partial charge in [-0.1, -0.05) is 6.07 Å². The van der Waals surface area contributed by atoms with Crippen molar-refractivity contribution >= 4 is 0 Å². The predicted octanol–water partition coefficient (Wildman–Crippen LogP) is 3.59. The Balaban J connectivity index is 3.09. The molecule has 8 heteroatoms. The molecule has 1 aromatic carbocycles. The fourth-order valence-electron chi connectivity index (χ4n) is 1.02. The molecule has 1 rings (SSSR count). The van der Waals surface area contributed by atoms with Gasteiger partial charge in [-0.25, -0.2) is 0 Å². The summed E-state index contributed by atoms with van der Waals surface area (Å²) in [5.74, 6) is -2.12. The van der Waals surface area contributed by atoms with Crippen molar-refractivity contribution < 1.29 is 35.8 Å². The standard InChI is InChI=1S/C9H5F6O2/c1-5-3-2-4-6(16-8(10,11)12)7(5)17-9(13,14)15/h2,4H,1H3. The number of aryl methyl sites for hydroxylation is 1. The highest BCUT2D eigenvalue weighted by atomic mass is 19.4. The van der Waals surface area contributed by atoms with E-state index in [-0.39, 0.29) is 5.56 Å². The van der Waals surface area contributed by atoms with E-state index < -0.39 is 24.2 Å². The topological polar surface area (TPSA) is 18.5 Å². The third-order valence-electron chi connectivity index (χ3n) is 1.54. The number of hydrogen-bond donors (Lipinski definition) is 0. The average Bonchev–Trinajstić information content (AvgIpc) is 2.07. The molecule has 0 saturated heterocycles. The predicted molar refractivity (Wildman–Crippen MR) is 43.4 cm³/mol. The number of alkyl halides is 6. The van der Waals surface area contributed by atoms with Crippen molar-refractivity contribution in [2.24, 2.45) is 0 Å². The van der Waals surface area contributed by atoms with Gasteiger partial charge in [0, 0.05) is 5.56 Å². The van der Waals surface area contributed by atoms with E-state index in [0.29, 0.717) is 6.07 Å². The number of hydrogen-bond acceptors (Lipinski definition) is 2. The van der Waals surface area contributed by atoms with Crippen LogP contribution in [0.15, 0.2) is 12.1 Å². The summed E-state index contributed by atoms with van der Waals surface area (Å²) in [7, 11) is 0. The summed E-state index contributed by atoms with van der Waals surface area (Å²) in [4.78, 5) is 0. The highest BCUT2D eigenvalue weighted by molar-refractivity contribution is 5.45. The Labute approximate surface area is 91.7 Å². The molecule has 1 radical (unpaired) electrons. The zero-order valence-corrected chi connectivity index (χ0v) is 8.24. The van der Waals surface area contributed by atoms with Crippen molar-refractivity contribution in [3.05, 3.63) is 23.8 Å². The Morgan fingerprint density at radius 2 is 1.53 bits per heavy atom. The maximum atomic E-state index is 12.0. The van der Waals surface area contributed by atoms with Gasteiger partial charge in [0.1, 0.15) is 0 Å². The molecule has 1 aromatic rings. The minimum Gasteiger partial charge on any atom is -0.402 e. The Kier molecular flexibility index (Phi) is 3.44. The summed E-state index contributed by atoms with van der Waals surface area (Å²) in [6.07, 6.45) is -10.2. The summed E-state index contributed by atoms with van der Waals surface area (Å²) in [5.41, 5.74) is -0.246. The Bertz CT molecular complexity index is 395. The molecule has 0 aliphatic carbocycles. The molecular formula is C9H5F6O2. The second kappa shape index (κ2) is 4.34. The van der Waals surface area contributed by atoms with E-state index >= 15 is 0 Å². The highest BCUT2D eigenvalue weighted by Crippen LogP contribution is 2.37. The second-order valence-corrected chi connectivity index (χ2v) is 2.89. The summed E-state index contributed by atoms with van der Waals surface area (Å²) in [5, 5.41) is 0. The van der Waals surface area contributed by atoms with Crippen molar-refractivity contribution in [2.75, 3.05) is 0 Å². The van der Waals surface area contributed by atoms with Crippen LogP contribution in [0.5, 0.6) is 11.5 Å². The molecule has 0 saturated carbocycles. The third kappa shape index (κ3) is 4.41. The zero-order valence-electron chi connectivity index (χ0n) is 8.24. The van der Waals surface area contributed by atoms with Gasteiger partial charge in [0.05, 0.1) is 0 Å². The fraction of sp³-hybridized carbons (Fsp3) is 0.333. The van der Waals surface area contributed by atoms with Gasteiger partial charge in [-0.15, -0.1) is 26.3 Å². The molecular weight excluding hydrogens is 254 g/mol. The minimum absolute atomic E-state index is 0.246. The van der Waals surface area contributed by atoms with Crippen LogP contribution in [0.3, 0.4) is 0 Å². The van der Waals surface area contributed by atoms with Crippen molar-refractivity contribution in [3.8, 4) is 11.5 Å². The average molecular weight is 259 g/mol. The molecule has 2 nitrogen and oxygen atoms in total. The monoisotopic (exact) mass is 259 g/mol. The molecule has 95 valence electrons. The maximum absolute atomic E-state index is 12.0. The molecule has 0 bridgehead atoms. The van der Waals surface area contributed by atoms with E-state index in [2.05, 4.69) is 15.5 Å². The van der Waals surface area contributed by atoms with Gasteiger partial charge in [-0.2, -0.15) is 0 Å². The van der Waals surface area contributed by atoms with Crippen molar-refractivity contribution in [2.45, 2.75) is 19.6 Å². The van der Waals surface area contributed by atoms with Gasteiger partial charge in [-0.3, -0.25) is 0 Å². The van der Waals surface area contributed by atoms with E-state index in [1.54, 1.807) is 0 Å². The van der Waals surface area contributed by atoms with Gasteiger partial charge in [0.15, 0.2) is 11.5 Å². The van der Waals surface area contributed by atoms with Crippen LogP contribution in [0.25, 0.3) is 0 Å².